The molecule has 5 nitrogen and oxygen atoms in total. The molecular formula is C25H24ClN3O2. The number of nitrogens with zero attached hydrogens (tertiary/aromatic N) is 2. The third-order valence-corrected chi connectivity index (χ3v) is 6.39. The molecule has 31 heavy (non-hydrogen) atoms. The van der Waals surface area contributed by atoms with E-state index in [4.69, 9.17) is 16.3 Å². The van der Waals surface area contributed by atoms with Crippen molar-refractivity contribution in [2.24, 2.45) is 5.92 Å². The number of amides is 1. The summed E-state index contributed by atoms with van der Waals surface area (Å²) in [5, 5.41) is 3.89. The maximum Gasteiger partial charge on any atom is 0.260 e. The first-order valence-electron chi connectivity index (χ1n) is 10.7. The molecule has 6 heteroatoms. The van der Waals surface area contributed by atoms with Crippen LogP contribution in [0.1, 0.15) is 28.8 Å². The highest BCUT2D eigenvalue weighted by Gasteiger charge is 2.30. The molecule has 1 amide bonds. The standard InChI is InChI=1S/C25H24ClN3O2/c26-22-6-2-4-19-15-29(25(30)24(19)22)20-5-1-3-18(13-20)21-14-28-12-9-23(21)31-16-17-7-10-27-11-8-17/h1-6,9,12-14,17,27H,7-8,10-11,15-16H2. The van der Waals surface area contributed by atoms with Gasteiger partial charge >= 0.3 is 0 Å². The molecule has 1 saturated heterocycles. The minimum Gasteiger partial charge on any atom is -0.493 e. The number of nitrogens with one attached hydrogen (secondary N) is 1. The van der Waals surface area contributed by atoms with Crippen molar-refractivity contribution in [2.75, 3.05) is 24.6 Å². The van der Waals surface area contributed by atoms with Gasteiger partial charge in [-0.2, -0.15) is 0 Å². The van der Waals surface area contributed by atoms with Crippen LogP contribution in [0.5, 0.6) is 5.75 Å². The first-order valence-corrected chi connectivity index (χ1v) is 11.1. The molecule has 1 aromatic heterocycles. The number of piperidine rings is 1. The molecule has 1 N–H and O–H groups in total. The summed E-state index contributed by atoms with van der Waals surface area (Å²) < 4.78 is 6.22. The molecule has 0 spiro atoms. The van der Waals surface area contributed by atoms with E-state index in [-0.39, 0.29) is 5.91 Å². The van der Waals surface area contributed by atoms with Gasteiger partial charge in [-0.15, -0.1) is 0 Å². The van der Waals surface area contributed by atoms with Gasteiger partial charge in [-0.25, -0.2) is 0 Å². The molecule has 0 aliphatic carbocycles. The van der Waals surface area contributed by atoms with Crippen molar-refractivity contribution < 1.29 is 9.53 Å². The van der Waals surface area contributed by atoms with E-state index in [9.17, 15) is 4.79 Å². The zero-order chi connectivity index (χ0) is 21.2. The molecule has 2 aliphatic rings. The molecule has 1 fully saturated rings. The largest absolute Gasteiger partial charge is 0.493 e. The lowest BCUT2D eigenvalue weighted by Gasteiger charge is -2.23. The number of halogens is 1. The summed E-state index contributed by atoms with van der Waals surface area (Å²) in [4.78, 5) is 19.1. The molecule has 0 radical (unpaired) electrons. The molecule has 2 aromatic carbocycles. The molecule has 2 aliphatic heterocycles. The number of benzene rings is 2. The van der Waals surface area contributed by atoms with Gasteiger partial charge in [0.15, 0.2) is 0 Å². The maximum atomic E-state index is 13.0. The van der Waals surface area contributed by atoms with E-state index in [1.807, 2.05) is 48.7 Å². The number of fused-ring (bicyclic) bond motifs is 1. The van der Waals surface area contributed by atoms with Crippen LogP contribution < -0.4 is 15.0 Å². The summed E-state index contributed by atoms with van der Waals surface area (Å²) in [5.74, 6) is 1.33. The van der Waals surface area contributed by atoms with Crippen LogP contribution in [0.25, 0.3) is 11.1 Å². The number of anilines is 1. The van der Waals surface area contributed by atoms with E-state index >= 15 is 0 Å². The second-order valence-electron chi connectivity index (χ2n) is 8.09. The number of ether oxygens (including phenoxy) is 1. The Morgan fingerprint density at radius 1 is 1.13 bits per heavy atom. The number of hydrogen-bond acceptors (Lipinski definition) is 4. The molecule has 0 saturated carbocycles. The number of hydrogen-bond donors (Lipinski definition) is 1. The average molecular weight is 434 g/mol. The summed E-state index contributed by atoms with van der Waals surface area (Å²) in [7, 11) is 0. The van der Waals surface area contributed by atoms with Crippen molar-refractivity contribution in [3.05, 3.63) is 77.1 Å². The Morgan fingerprint density at radius 3 is 2.81 bits per heavy atom. The topological polar surface area (TPSA) is 54.5 Å². The Labute approximate surface area is 187 Å². The SMILES string of the molecule is O=C1c2c(Cl)cccc2CN1c1cccc(-c2cnccc2OCC2CCNCC2)c1. The van der Waals surface area contributed by atoms with Crippen LogP contribution in [0.15, 0.2) is 60.9 Å². The van der Waals surface area contributed by atoms with Crippen molar-refractivity contribution in [3.63, 3.8) is 0 Å². The van der Waals surface area contributed by atoms with E-state index in [0.29, 0.717) is 29.7 Å². The summed E-state index contributed by atoms with van der Waals surface area (Å²) in [6, 6.07) is 15.5. The number of carbonyl (C=O) groups is 1. The number of carbonyl (C=O) groups excluding carboxylic acids is 1. The first kappa shape index (κ1) is 20.0. The lowest BCUT2D eigenvalue weighted by molar-refractivity contribution is 0.0997. The molecule has 5 rings (SSSR count). The van der Waals surface area contributed by atoms with Gasteiger partial charge < -0.3 is 15.0 Å². The van der Waals surface area contributed by atoms with Crippen LogP contribution in [-0.2, 0) is 6.54 Å². The molecule has 0 atom stereocenters. The summed E-state index contributed by atoms with van der Waals surface area (Å²) in [6.07, 6.45) is 5.86. The van der Waals surface area contributed by atoms with E-state index in [0.717, 1.165) is 54.1 Å². The van der Waals surface area contributed by atoms with Gasteiger partial charge in [-0.3, -0.25) is 9.78 Å². The van der Waals surface area contributed by atoms with Gasteiger partial charge in [0.05, 0.1) is 23.7 Å². The van der Waals surface area contributed by atoms with Gasteiger partial charge in [-0.05, 0) is 67.2 Å². The van der Waals surface area contributed by atoms with Gasteiger partial charge in [0.25, 0.3) is 5.91 Å². The predicted octanol–water partition coefficient (Wildman–Crippen LogP) is 4.94. The summed E-state index contributed by atoms with van der Waals surface area (Å²) in [5.41, 5.74) is 4.29. The minimum absolute atomic E-state index is 0.0636. The summed E-state index contributed by atoms with van der Waals surface area (Å²) in [6.45, 7) is 3.33. The van der Waals surface area contributed by atoms with Crippen LogP contribution >= 0.6 is 11.6 Å². The Bertz CT molecular complexity index is 1110. The number of aromatic nitrogens is 1. The molecule has 158 valence electrons. The minimum atomic E-state index is -0.0636. The zero-order valence-corrected chi connectivity index (χ0v) is 17.9. The molecule has 0 unspecified atom stereocenters. The van der Waals surface area contributed by atoms with Gasteiger partial charge in [-0.1, -0.05) is 35.9 Å². The highest BCUT2D eigenvalue weighted by molar-refractivity contribution is 6.35. The highest BCUT2D eigenvalue weighted by Crippen LogP contribution is 2.36. The second kappa shape index (κ2) is 8.69. The number of rotatable bonds is 5. The molecule has 3 aromatic rings. The lowest BCUT2D eigenvalue weighted by Crippen LogP contribution is -2.30. The third-order valence-electron chi connectivity index (χ3n) is 6.07. The van der Waals surface area contributed by atoms with Crippen molar-refractivity contribution in [1.29, 1.82) is 0 Å². The fourth-order valence-corrected chi connectivity index (χ4v) is 4.62. The predicted molar refractivity (Wildman–Crippen MR) is 123 cm³/mol. The van der Waals surface area contributed by atoms with Crippen LogP contribution in [0.2, 0.25) is 5.02 Å². The van der Waals surface area contributed by atoms with Crippen molar-refractivity contribution in [1.82, 2.24) is 10.3 Å². The zero-order valence-electron chi connectivity index (χ0n) is 17.2. The average Bonchev–Trinajstić information content (AvgIpc) is 3.16. The van der Waals surface area contributed by atoms with E-state index < -0.39 is 0 Å². The Hall–Kier alpha value is -2.89. The summed E-state index contributed by atoms with van der Waals surface area (Å²) >= 11 is 6.29. The normalized spacial score (nSPS) is 16.4. The van der Waals surface area contributed by atoms with E-state index in [2.05, 4.69) is 10.3 Å². The molecule has 3 heterocycles. The highest BCUT2D eigenvalue weighted by atomic mass is 35.5. The maximum absolute atomic E-state index is 13.0. The molecular weight excluding hydrogens is 410 g/mol. The van der Waals surface area contributed by atoms with Crippen LogP contribution in [0, 0.1) is 5.92 Å². The number of pyridine rings is 1. The quantitative estimate of drug-likeness (QED) is 0.619. The Balaban J connectivity index is 1.40. The Morgan fingerprint density at radius 2 is 1.97 bits per heavy atom. The first-order chi connectivity index (χ1) is 15.2. The van der Waals surface area contributed by atoms with Crippen LogP contribution in [-0.4, -0.2) is 30.6 Å². The Kier molecular flexibility index (Phi) is 5.62. The lowest BCUT2D eigenvalue weighted by atomic mass is 9.99. The van der Waals surface area contributed by atoms with E-state index in [1.54, 1.807) is 17.2 Å². The second-order valence-corrected chi connectivity index (χ2v) is 8.50. The van der Waals surface area contributed by atoms with Gasteiger partial charge in [0.2, 0.25) is 0 Å². The van der Waals surface area contributed by atoms with Crippen molar-refractivity contribution in [3.8, 4) is 16.9 Å². The smallest absolute Gasteiger partial charge is 0.260 e. The monoisotopic (exact) mass is 433 g/mol. The van der Waals surface area contributed by atoms with Gasteiger partial charge in [0, 0.05) is 23.6 Å². The fourth-order valence-electron chi connectivity index (χ4n) is 4.35. The fraction of sp³-hybridized carbons (Fsp3) is 0.280. The van der Waals surface area contributed by atoms with Crippen LogP contribution in [0.3, 0.4) is 0 Å². The third kappa shape index (κ3) is 4.03. The van der Waals surface area contributed by atoms with Crippen LogP contribution in [0.4, 0.5) is 5.69 Å². The van der Waals surface area contributed by atoms with Crippen molar-refractivity contribution in [2.45, 2.75) is 19.4 Å². The molecule has 0 bridgehead atoms. The van der Waals surface area contributed by atoms with E-state index in [1.165, 1.54) is 0 Å². The van der Waals surface area contributed by atoms with Crippen molar-refractivity contribution >= 4 is 23.2 Å². The van der Waals surface area contributed by atoms with Gasteiger partial charge in [0.1, 0.15) is 5.75 Å².